The molecule has 0 N–H and O–H groups in total. The Balaban J connectivity index is 4.28. The van der Waals surface area contributed by atoms with Crippen LogP contribution >= 0.6 is 0 Å². The Labute approximate surface area is 399 Å². The van der Waals surface area contributed by atoms with Gasteiger partial charge in [-0.3, -0.25) is 14.4 Å². The van der Waals surface area contributed by atoms with Crippen molar-refractivity contribution < 1.29 is 28.6 Å². The van der Waals surface area contributed by atoms with Crippen LogP contribution in [0, 0.1) is 5.92 Å². The highest BCUT2D eigenvalue weighted by molar-refractivity contribution is 5.71. The Morgan fingerprint density at radius 2 is 0.547 bits per heavy atom. The van der Waals surface area contributed by atoms with E-state index in [1.165, 1.54) is 225 Å². The summed E-state index contributed by atoms with van der Waals surface area (Å²) in [6, 6.07) is 0. The molecule has 0 aliphatic carbocycles. The van der Waals surface area contributed by atoms with E-state index in [2.05, 4.69) is 27.7 Å². The predicted octanol–water partition coefficient (Wildman–Crippen LogP) is 19.0. The number of hydrogen-bond donors (Lipinski definition) is 0. The molecular formula is C58H112O6. The van der Waals surface area contributed by atoms with Crippen molar-refractivity contribution in [3.05, 3.63) is 0 Å². The van der Waals surface area contributed by atoms with E-state index in [0.717, 1.165) is 63.7 Å². The van der Waals surface area contributed by atoms with Gasteiger partial charge in [0.1, 0.15) is 13.2 Å². The lowest BCUT2D eigenvalue weighted by Gasteiger charge is -2.18. The van der Waals surface area contributed by atoms with Crippen molar-refractivity contribution in [1.82, 2.24) is 0 Å². The number of rotatable bonds is 53. The average Bonchev–Trinajstić information content (AvgIpc) is 3.29. The molecule has 0 fully saturated rings. The van der Waals surface area contributed by atoms with Crippen molar-refractivity contribution in [3.63, 3.8) is 0 Å². The van der Waals surface area contributed by atoms with Gasteiger partial charge >= 0.3 is 17.9 Å². The summed E-state index contributed by atoms with van der Waals surface area (Å²) in [5, 5.41) is 0. The smallest absolute Gasteiger partial charge is 0.306 e. The van der Waals surface area contributed by atoms with Gasteiger partial charge in [0.2, 0.25) is 0 Å². The molecule has 6 heteroatoms. The molecule has 0 aromatic carbocycles. The molecule has 0 heterocycles. The van der Waals surface area contributed by atoms with E-state index in [4.69, 9.17) is 14.2 Å². The quantitative estimate of drug-likeness (QED) is 0.0344. The third-order valence-corrected chi connectivity index (χ3v) is 13.7. The van der Waals surface area contributed by atoms with E-state index in [0.29, 0.717) is 19.3 Å². The zero-order valence-corrected chi connectivity index (χ0v) is 43.8. The second-order valence-electron chi connectivity index (χ2n) is 20.2. The molecule has 2 atom stereocenters. The van der Waals surface area contributed by atoms with Crippen molar-refractivity contribution >= 4 is 17.9 Å². The van der Waals surface area contributed by atoms with Crippen LogP contribution in [-0.2, 0) is 28.6 Å². The van der Waals surface area contributed by atoms with Crippen molar-refractivity contribution in [2.24, 2.45) is 5.92 Å². The van der Waals surface area contributed by atoms with Crippen molar-refractivity contribution in [1.29, 1.82) is 0 Å². The maximum atomic E-state index is 12.8. The van der Waals surface area contributed by atoms with Crippen LogP contribution in [-0.4, -0.2) is 37.2 Å². The summed E-state index contributed by atoms with van der Waals surface area (Å²) in [5.74, 6) is 0.00984. The van der Waals surface area contributed by atoms with Gasteiger partial charge in [0.05, 0.1) is 0 Å². The molecule has 380 valence electrons. The monoisotopic (exact) mass is 905 g/mol. The van der Waals surface area contributed by atoms with Gasteiger partial charge < -0.3 is 14.2 Å². The molecule has 0 radical (unpaired) electrons. The lowest BCUT2D eigenvalue weighted by atomic mass is 9.99. The number of hydrogen-bond acceptors (Lipinski definition) is 6. The minimum absolute atomic E-state index is 0.0624. The van der Waals surface area contributed by atoms with Crippen LogP contribution in [0.25, 0.3) is 0 Å². The van der Waals surface area contributed by atoms with Crippen LogP contribution in [0.1, 0.15) is 329 Å². The second kappa shape index (κ2) is 52.4. The molecule has 0 rings (SSSR count). The molecule has 1 unspecified atom stereocenters. The number of carbonyl (C=O) groups excluding carboxylic acids is 3. The number of carbonyl (C=O) groups is 3. The third kappa shape index (κ3) is 49.8. The van der Waals surface area contributed by atoms with Gasteiger partial charge in [0.15, 0.2) is 6.10 Å². The van der Waals surface area contributed by atoms with Crippen LogP contribution in [0.2, 0.25) is 0 Å². The Hall–Kier alpha value is -1.59. The molecule has 0 saturated carbocycles. The van der Waals surface area contributed by atoms with Gasteiger partial charge in [-0.1, -0.05) is 291 Å². The first-order chi connectivity index (χ1) is 31.4. The highest BCUT2D eigenvalue weighted by atomic mass is 16.6. The summed E-state index contributed by atoms with van der Waals surface area (Å²) in [4.78, 5) is 38.1. The van der Waals surface area contributed by atoms with Gasteiger partial charge in [0, 0.05) is 19.3 Å². The molecule has 0 spiro atoms. The predicted molar refractivity (Wildman–Crippen MR) is 275 cm³/mol. The lowest BCUT2D eigenvalue weighted by molar-refractivity contribution is -0.167. The molecule has 0 aromatic rings. The lowest BCUT2D eigenvalue weighted by Crippen LogP contribution is -2.30. The zero-order chi connectivity index (χ0) is 46.7. The van der Waals surface area contributed by atoms with Gasteiger partial charge in [-0.15, -0.1) is 0 Å². The second-order valence-corrected chi connectivity index (χ2v) is 20.2. The molecular weight excluding hydrogens is 793 g/mol. The summed E-state index contributed by atoms with van der Waals surface area (Å²) in [5.41, 5.74) is 0. The van der Waals surface area contributed by atoms with E-state index >= 15 is 0 Å². The molecule has 6 nitrogen and oxygen atoms in total. The van der Waals surface area contributed by atoms with Crippen LogP contribution in [0.5, 0.6) is 0 Å². The largest absolute Gasteiger partial charge is 0.462 e. The van der Waals surface area contributed by atoms with E-state index in [1.807, 2.05) is 0 Å². The van der Waals surface area contributed by atoms with Gasteiger partial charge in [-0.05, 0) is 25.2 Å². The zero-order valence-electron chi connectivity index (χ0n) is 43.8. The average molecular weight is 906 g/mol. The summed E-state index contributed by atoms with van der Waals surface area (Å²) < 4.78 is 16.9. The molecule has 0 saturated heterocycles. The third-order valence-electron chi connectivity index (χ3n) is 13.7. The Kier molecular flexibility index (Phi) is 51.1. The van der Waals surface area contributed by atoms with E-state index < -0.39 is 6.10 Å². The fourth-order valence-corrected chi connectivity index (χ4v) is 8.89. The minimum atomic E-state index is -0.762. The first-order valence-corrected chi connectivity index (χ1v) is 28.9. The SMILES string of the molecule is CCCCCCCCCCCCCCCCCCCCCC(=O)O[C@H](COC(=O)CCCCCCCCCCCCCCCCC)COC(=O)CCCCCCCCCCC(C)CC. The van der Waals surface area contributed by atoms with Crippen LogP contribution in [0.3, 0.4) is 0 Å². The summed E-state index contributed by atoms with van der Waals surface area (Å²) in [6.07, 6.45) is 56.6. The van der Waals surface area contributed by atoms with E-state index in [9.17, 15) is 14.4 Å². The van der Waals surface area contributed by atoms with Gasteiger partial charge in [-0.25, -0.2) is 0 Å². The fourth-order valence-electron chi connectivity index (χ4n) is 8.89. The Bertz CT molecular complexity index is 966. The van der Waals surface area contributed by atoms with Crippen LogP contribution in [0.4, 0.5) is 0 Å². The fraction of sp³-hybridized carbons (Fsp3) is 0.948. The summed E-state index contributed by atoms with van der Waals surface area (Å²) in [7, 11) is 0. The Morgan fingerprint density at radius 3 is 0.812 bits per heavy atom. The van der Waals surface area contributed by atoms with Crippen molar-refractivity contribution in [2.45, 2.75) is 336 Å². The number of ether oxygens (including phenoxy) is 3. The van der Waals surface area contributed by atoms with Gasteiger partial charge in [-0.2, -0.15) is 0 Å². The molecule has 0 aliphatic heterocycles. The highest BCUT2D eigenvalue weighted by Crippen LogP contribution is 2.18. The van der Waals surface area contributed by atoms with Crippen LogP contribution < -0.4 is 0 Å². The molecule has 0 amide bonds. The van der Waals surface area contributed by atoms with Gasteiger partial charge in [0.25, 0.3) is 0 Å². The molecule has 0 aliphatic rings. The Morgan fingerprint density at radius 1 is 0.312 bits per heavy atom. The standard InChI is InChI=1S/C58H112O6/c1-5-8-10-12-14-16-18-20-22-23-24-25-27-29-31-33-39-43-47-51-58(61)64-55(53-63-57(60)50-46-42-38-35-34-36-40-44-48-54(4)7-3)52-62-56(59)49-45-41-37-32-30-28-26-21-19-17-15-13-11-9-6-2/h54-55H,5-53H2,1-4H3/t54?,55-/m1/s1. The minimum Gasteiger partial charge on any atom is -0.462 e. The topological polar surface area (TPSA) is 78.9 Å². The van der Waals surface area contributed by atoms with Crippen molar-refractivity contribution in [3.8, 4) is 0 Å². The summed E-state index contributed by atoms with van der Waals surface area (Å²) >= 11 is 0. The molecule has 0 aromatic heterocycles. The first-order valence-electron chi connectivity index (χ1n) is 28.9. The number of esters is 3. The van der Waals surface area contributed by atoms with E-state index in [1.54, 1.807) is 0 Å². The number of unbranched alkanes of at least 4 members (excludes halogenated alkanes) is 39. The maximum absolute atomic E-state index is 12.8. The van der Waals surface area contributed by atoms with Crippen LogP contribution in [0.15, 0.2) is 0 Å². The highest BCUT2D eigenvalue weighted by Gasteiger charge is 2.19. The van der Waals surface area contributed by atoms with Crippen molar-refractivity contribution in [2.75, 3.05) is 13.2 Å². The molecule has 0 bridgehead atoms. The maximum Gasteiger partial charge on any atom is 0.306 e. The first kappa shape index (κ1) is 62.4. The van der Waals surface area contributed by atoms with E-state index in [-0.39, 0.29) is 31.1 Å². The summed E-state index contributed by atoms with van der Waals surface area (Å²) in [6.45, 7) is 9.06. The molecule has 64 heavy (non-hydrogen) atoms. The normalized spacial score (nSPS) is 12.4.